The Bertz CT molecular complexity index is 784. The van der Waals surface area contributed by atoms with Crippen LogP contribution in [0.25, 0.3) is 10.6 Å². The summed E-state index contributed by atoms with van der Waals surface area (Å²) in [6.07, 6.45) is 1.75. The zero-order valence-corrected chi connectivity index (χ0v) is 13.6. The Morgan fingerprint density at radius 1 is 1.24 bits per heavy atom. The molecule has 21 heavy (non-hydrogen) atoms. The van der Waals surface area contributed by atoms with Crippen LogP contribution in [-0.2, 0) is 0 Å². The van der Waals surface area contributed by atoms with Crippen LogP contribution in [0.5, 0.6) is 0 Å². The molecule has 0 unspecified atom stereocenters. The number of hydrogen-bond donors (Lipinski definition) is 1. The van der Waals surface area contributed by atoms with Crippen molar-refractivity contribution in [3.63, 3.8) is 0 Å². The van der Waals surface area contributed by atoms with E-state index in [1.54, 1.807) is 23.6 Å². The van der Waals surface area contributed by atoms with Gasteiger partial charge in [0.05, 0.1) is 9.90 Å². The maximum Gasteiger partial charge on any atom is 0.258 e. The molecule has 0 aliphatic carbocycles. The van der Waals surface area contributed by atoms with Gasteiger partial charge in [0, 0.05) is 22.8 Å². The fraction of sp³-hybridized carbons (Fsp3) is 0. The average Bonchev–Trinajstić information content (AvgIpc) is 3.08. The van der Waals surface area contributed by atoms with Gasteiger partial charge in [0.15, 0.2) is 0 Å². The van der Waals surface area contributed by atoms with Gasteiger partial charge in [-0.1, -0.05) is 35.3 Å². The molecule has 0 saturated carbocycles. The third-order valence-electron chi connectivity index (χ3n) is 2.70. The minimum absolute atomic E-state index is 0.278. The summed E-state index contributed by atoms with van der Waals surface area (Å²) < 4.78 is 0.871. The minimum Gasteiger partial charge on any atom is -0.322 e. The fourth-order valence-corrected chi connectivity index (χ4v) is 3.88. The summed E-state index contributed by atoms with van der Waals surface area (Å²) in [6.45, 7) is 0. The number of nitrogens with zero attached hydrogens (tertiary/aromatic N) is 1. The lowest BCUT2D eigenvalue weighted by atomic mass is 10.2. The number of rotatable bonds is 3. The smallest absolute Gasteiger partial charge is 0.258 e. The van der Waals surface area contributed by atoms with Crippen molar-refractivity contribution in [2.75, 3.05) is 5.32 Å². The molecule has 3 nitrogen and oxygen atoms in total. The molecule has 7 heteroatoms. The van der Waals surface area contributed by atoms with E-state index in [0.717, 1.165) is 10.6 Å². The lowest BCUT2D eigenvalue weighted by Gasteiger charge is -2.05. The van der Waals surface area contributed by atoms with E-state index in [1.807, 2.05) is 29.6 Å². The van der Waals surface area contributed by atoms with Crippen molar-refractivity contribution in [2.45, 2.75) is 0 Å². The molecule has 0 atom stereocenters. The van der Waals surface area contributed by atoms with Gasteiger partial charge in [-0.3, -0.25) is 4.79 Å². The fourth-order valence-electron chi connectivity index (χ4n) is 1.79. The van der Waals surface area contributed by atoms with Crippen molar-refractivity contribution < 1.29 is 4.79 Å². The van der Waals surface area contributed by atoms with Gasteiger partial charge in [-0.2, -0.15) is 0 Å². The van der Waals surface area contributed by atoms with Gasteiger partial charge in [-0.25, -0.2) is 4.98 Å². The van der Waals surface area contributed by atoms with Crippen LogP contribution in [0.1, 0.15) is 10.4 Å². The standard InChI is InChI=1S/C14H8Cl2N2OS2/c15-11-7-10(12(16)21-11)13(19)18-9-3-1-2-8(6-9)14-17-4-5-20-14/h1-7H,(H,18,19). The second kappa shape index (κ2) is 6.15. The monoisotopic (exact) mass is 354 g/mol. The number of carbonyl (C=O) groups is 1. The number of benzene rings is 1. The summed E-state index contributed by atoms with van der Waals surface area (Å²) in [4.78, 5) is 16.4. The first-order chi connectivity index (χ1) is 10.1. The number of anilines is 1. The molecule has 2 heterocycles. The topological polar surface area (TPSA) is 42.0 Å². The molecule has 106 valence electrons. The molecule has 0 radical (unpaired) electrons. The quantitative estimate of drug-likeness (QED) is 0.681. The number of nitrogens with one attached hydrogen (secondary N) is 1. The van der Waals surface area contributed by atoms with Crippen molar-refractivity contribution in [1.82, 2.24) is 4.98 Å². The third-order valence-corrected chi connectivity index (χ3v) is 5.01. The van der Waals surface area contributed by atoms with E-state index in [-0.39, 0.29) is 5.91 Å². The highest BCUT2D eigenvalue weighted by Crippen LogP contribution is 2.32. The molecule has 0 fully saturated rings. The van der Waals surface area contributed by atoms with E-state index >= 15 is 0 Å². The van der Waals surface area contributed by atoms with Crippen LogP contribution < -0.4 is 5.32 Å². The van der Waals surface area contributed by atoms with Crippen LogP contribution in [-0.4, -0.2) is 10.9 Å². The van der Waals surface area contributed by atoms with Crippen molar-refractivity contribution in [2.24, 2.45) is 0 Å². The second-order valence-corrected chi connectivity index (χ2v) is 7.29. The number of halogens is 2. The lowest BCUT2D eigenvalue weighted by molar-refractivity contribution is 0.102. The molecule has 2 aromatic heterocycles. The van der Waals surface area contributed by atoms with Gasteiger partial charge in [0.1, 0.15) is 9.34 Å². The van der Waals surface area contributed by atoms with Crippen LogP contribution in [0, 0.1) is 0 Å². The minimum atomic E-state index is -0.278. The number of thiophene rings is 1. The van der Waals surface area contributed by atoms with Crippen LogP contribution in [0.4, 0.5) is 5.69 Å². The molecule has 0 bridgehead atoms. The number of aromatic nitrogens is 1. The normalized spacial score (nSPS) is 10.6. The molecular weight excluding hydrogens is 347 g/mol. The molecule has 0 spiro atoms. The maximum absolute atomic E-state index is 12.2. The zero-order chi connectivity index (χ0) is 14.8. The second-order valence-electron chi connectivity index (χ2n) is 4.11. The summed E-state index contributed by atoms with van der Waals surface area (Å²) in [5.41, 5.74) is 2.02. The average molecular weight is 355 g/mol. The third kappa shape index (κ3) is 3.27. The molecule has 3 aromatic rings. The van der Waals surface area contributed by atoms with E-state index < -0.39 is 0 Å². The Morgan fingerprint density at radius 2 is 2.10 bits per heavy atom. The molecule has 0 aliphatic rings. The molecule has 3 rings (SSSR count). The highest BCUT2D eigenvalue weighted by molar-refractivity contribution is 7.20. The van der Waals surface area contributed by atoms with Crippen LogP contribution in [0.3, 0.4) is 0 Å². The van der Waals surface area contributed by atoms with Gasteiger partial charge in [0.25, 0.3) is 5.91 Å². The first-order valence-corrected chi connectivity index (χ1v) is 8.35. The van der Waals surface area contributed by atoms with E-state index in [0.29, 0.717) is 19.9 Å². The Morgan fingerprint density at radius 3 is 2.76 bits per heavy atom. The Labute approximate surface area is 139 Å². The molecule has 1 N–H and O–H groups in total. The van der Waals surface area contributed by atoms with Gasteiger partial charge in [-0.05, 0) is 18.2 Å². The van der Waals surface area contributed by atoms with Gasteiger partial charge in [0.2, 0.25) is 0 Å². The Hall–Kier alpha value is -1.40. The number of thiazole rings is 1. The van der Waals surface area contributed by atoms with Crippen LogP contribution in [0.15, 0.2) is 41.9 Å². The predicted molar refractivity (Wildman–Crippen MR) is 89.8 cm³/mol. The summed E-state index contributed by atoms with van der Waals surface area (Å²) in [5, 5.41) is 5.63. The van der Waals surface area contributed by atoms with E-state index in [4.69, 9.17) is 23.2 Å². The van der Waals surface area contributed by atoms with Gasteiger partial charge >= 0.3 is 0 Å². The Kier molecular flexibility index (Phi) is 4.26. The number of hydrogen-bond acceptors (Lipinski definition) is 4. The highest BCUT2D eigenvalue weighted by atomic mass is 35.5. The van der Waals surface area contributed by atoms with Crippen molar-refractivity contribution in [1.29, 1.82) is 0 Å². The first kappa shape index (κ1) is 14.5. The molecule has 0 saturated heterocycles. The SMILES string of the molecule is O=C(Nc1cccc(-c2nccs2)c1)c1cc(Cl)sc1Cl. The number of carbonyl (C=O) groups excluding carboxylic acids is 1. The van der Waals surface area contributed by atoms with Crippen LogP contribution >= 0.6 is 45.9 Å². The summed E-state index contributed by atoms with van der Waals surface area (Å²) in [7, 11) is 0. The molecular formula is C14H8Cl2N2OS2. The summed E-state index contributed by atoms with van der Waals surface area (Å²) in [6, 6.07) is 9.07. The maximum atomic E-state index is 12.2. The highest BCUT2D eigenvalue weighted by Gasteiger charge is 2.14. The summed E-state index contributed by atoms with van der Waals surface area (Å²) in [5.74, 6) is -0.278. The zero-order valence-electron chi connectivity index (χ0n) is 10.5. The van der Waals surface area contributed by atoms with E-state index in [9.17, 15) is 4.79 Å². The van der Waals surface area contributed by atoms with Crippen LogP contribution in [0.2, 0.25) is 8.67 Å². The van der Waals surface area contributed by atoms with Crippen molar-refractivity contribution in [3.8, 4) is 10.6 Å². The predicted octanol–water partition coefficient (Wildman–Crippen LogP) is 5.43. The molecule has 1 amide bonds. The molecule has 1 aromatic carbocycles. The van der Waals surface area contributed by atoms with Gasteiger partial charge in [-0.15, -0.1) is 22.7 Å². The number of amides is 1. The largest absolute Gasteiger partial charge is 0.322 e. The van der Waals surface area contributed by atoms with Crippen molar-refractivity contribution in [3.05, 3.63) is 56.1 Å². The Balaban J connectivity index is 1.84. The molecule has 0 aliphatic heterocycles. The first-order valence-electron chi connectivity index (χ1n) is 5.89. The van der Waals surface area contributed by atoms with E-state index in [2.05, 4.69) is 10.3 Å². The van der Waals surface area contributed by atoms with E-state index in [1.165, 1.54) is 11.3 Å². The summed E-state index contributed by atoms with van der Waals surface area (Å²) >= 11 is 14.6. The van der Waals surface area contributed by atoms with Crippen molar-refractivity contribution >= 4 is 57.5 Å². The lowest BCUT2D eigenvalue weighted by Crippen LogP contribution is -2.11. The van der Waals surface area contributed by atoms with Gasteiger partial charge < -0.3 is 5.32 Å².